The van der Waals surface area contributed by atoms with Gasteiger partial charge in [-0.1, -0.05) is 43.7 Å². The largest absolute Gasteiger partial charge is 0.376 e. The molecule has 21 heavy (non-hydrogen) atoms. The Balaban J connectivity index is 2.31. The molecule has 1 aromatic rings. The summed E-state index contributed by atoms with van der Waals surface area (Å²) in [4.78, 5) is 2.58. The van der Waals surface area contributed by atoms with E-state index in [1.54, 1.807) is 0 Å². The molecular weight excluding hydrogens is 260 g/mol. The monoisotopic (exact) mass is 290 g/mol. The van der Waals surface area contributed by atoms with Crippen LogP contribution in [0.1, 0.15) is 50.8 Å². The second kappa shape index (κ2) is 7.39. The van der Waals surface area contributed by atoms with Crippen LogP contribution in [-0.4, -0.2) is 36.2 Å². The standard InChI is InChI=1S/C18H30N2O/c1-5-16-12-21-14(4)11-20(16)18(17(19)6-2)15-9-7-13(3)8-10-15/h7-10,14,16-18H,5-6,11-12,19H2,1-4H3. The minimum absolute atomic E-state index is 0.159. The molecule has 1 fully saturated rings. The van der Waals surface area contributed by atoms with Crippen LogP contribution < -0.4 is 5.73 Å². The third-order valence-electron chi connectivity index (χ3n) is 4.63. The van der Waals surface area contributed by atoms with E-state index in [0.29, 0.717) is 6.04 Å². The zero-order chi connectivity index (χ0) is 15.4. The van der Waals surface area contributed by atoms with Gasteiger partial charge in [0.25, 0.3) is 0 Å². The third kappa shape index (κ3) is 3.85. The summed E-state index contributed by atoms with van der Waals surface area (Å²) in [5, 5.41) is 0. The van der Waals surface area contributed by atoms with Gasteiger partial charge in [0.1, 0.15) is 0 Å². The molecule has 4 unspecified atom stereocenters. The van der Waals surface area contributed by atoms with E-state index < -0.39 is 0 Å². The molecule has 3 nitrogen and oxygen atoms in total. The van der Waals surface area contributed by atoms with Gasteiger partial charge in [-0.15, -0.1) is 0 Å². The van der Waals surface area contributed by atoms with Crippen molar-refractivity contribution in [3.05, 3.63) is 35.4 Å². The van der Waals surface area contributed by atoms with Crippen LogP contribution in [0.4, 0.5) is 0 Å². The molecule has 0 aliphatic carbocycles. The maximum atomic E-state index is 6.50. The van der Waals surface area contributed by atoms with Crippen molar-refractivity contribution in [3.8, 4) is 0 Å². The summed E-state index contributed by atoms with van der Waals surface area (Å²) in [5.41, 5.74) is 9.13. The Kier molecular flexibility index (Phi) is 5.80. The molecule has 1 aromatic carbocycles. The number of hydrogen-bond acceptors (Lipinski definition) is 3. The number of ether oxygens (including phenoxy) is 1. The molecule has 118 valence electrons. The molecule has 0 bridgehead atoms. The Labute approximate surface area is 129 Å². The summed E-state index contributed by atoms with van der Waals surface area (Å²) in [6.07, 6.45) is 2.37. The summed E-state index contributed by atoms with van der Waals surface area (Å²) in [6, 6.07) is 9.76. The molecule has 0 amide bonds. The highest BCUT2D eigenvalue weighted by atomic mass is 16.5. The van der Waals surface area contributed by atoms with Gasteiger partial charge >= 0.3 is 0 Å². The smallest absolute Gasteiger partial charge is 0.0675 e. The normalized spacial score (nSPS) is 26.5. The van der Waals surface area contributed by atoms with Gasteiger partial charge in [0.15, 0.2) is 0 Å². The zero-order valence-corrected chi connectivity index (χ0v) is 13.9. The third-order valence-corrected chi connectivity index (χ3v) is 4.63. The fourth-order valence-corrected chi connectivity index (χ4v) is 3.23. The van der Waals surface area contributed by atoms with Crippen LogP contribution in [0.3, 0.4) is 0 Å². The molecule has 4 atom stereocenters. The first kappa shape index (κ1) is 16.5. The van der Waals surface area contributed by atoms with Crippen LogP contribution in [0.2, 0.25) is 0 Å². The van der Waals surface area contributed by atoms with E-state index in [-0.39, 0.29) is 18.2 Å². The first-order chi connectivity index (χ1) is 10.1. The van der Waals surface area contributed by atoms with E-state index in [0.717, 1.165) is 26.0 Å². The predicted octanol–water partition coefficient (Wildman–Crippen LogP) is 3.27. The maximum absolute atomic E-state index is 6.50. The predicted molar refractivity (Wildman–Crippen MR) is 88.4 cm³/mol. The second-order valence-electron chi connectivity index (χ2n) is 6.33. The fraction of sp³-hybridized carbons (Fsp3) is 0.667. The maximum Gasteiger partial charge on any atom is 0.0675 e. The van der Waals surface area contributed by atoms with Crippen LogP contribution in [0.15, 0.2) is 24.3 Å². The summed E-state index contributed by atoms with van der Waals surface area (Å²) in [5.74, 6) is 0. The molecule has 1 aliphatic heterocycles. The number of benzene rings is 1. The highest BCUT2D eigenvalue weighted by molar-refractivity contribution is 5.25. The van der Waals surface area contributed by atoms with Crippen LogP contribution in [0.5, 0.6) is 0 Å². The number of rotatable bonds is 5. The minimum Gasteiger partial charge on any atom is -0.376 e. The van der Waals surface area contributed by atoms with Crippen LogP contribution in [0, 0.1) is 6.92 Å². The van der Waals surface area contributed by atoms with Crippen LogP contribution in [-0.2, 0) is 4.74 Å². The van der Waals surface area contributed by atoms with E-state index >= 15 is 0 Å². The lowest BCUT2D eigenvalue weighted by Gasteiger charge is -2.45. The lowest BCUT2D eigenvalue weighted by atomic mass is 9.93. The van der Waals surface area contributed by atoms with Crippen LogP contribution >= 0.6 is 0 Å². The van der Waals surface area contributed by atoms with Crippen molar-refractivity contribution in [1.29, 1.82) is 0 Å². The number of aryl methyl sites for hydroxylation is 1. The van der Waals surface area contributed by atoms with E-state index in [4.69, 9.17) is 10.5 Å². The molecule has 0 aromatic heterocycles. The quantitative estimate of drug-likeness (QED) is 0.904. The Morgan fingerprint density at radius 3 is 2.52 bits per heavy atom. The molecule has 2 rings (SSSR count). The zero-order valence-electron chi connectivity index (χ0n) is 13.9. The SMILES string of the molecule is CCC(N)C(c1ccc(C)cc1)N1CC(C)OCC1CC. The molecule has 3 heteroatoms. The van der Waals surface area contributed by atoms with Gasteiger partial charge in [-0.05, 0) is 32.3 Å². The number of nitrogens with zero attached hydrogens (tertiary/aromatic N) is 1. The highest BCUT2D eigenvalue weighted by Gasteiger charge is 2.34. The van der Waals surface area contributed by atoms with Crippen molar-refractivity contribution in [2.75, 3.05) is 13.2 Å². The average molecular weight is 290 g/mol. The molecule has 0 saturated carbocycles. The van der Waals surface area contributed by atoms with E-state index in [1.807, 2.05) is 0 Å². The molecule has 1 heterocycles. The number of morpholine rings is 1. The van der Waals surface area contributed by atoms with Crippen LogP contribution in [0.25, 0.3) is 0 Å². The molecule has 1 aliphatic rings. The van der Waals surface area contributed by atoms with Gasteiger partial charge in [0, 0.05) is 18.6 Å². The van der Waals surface area contributed by atoms with Crippen molar-refractivity contribution in [2.24, 2.45) is 5.73 Å². The second-order valence-corrected chi connectivity index (χ2v) is 6.33. The first-order valence-corrected chi connectivity index (χ1v) is 8.26. The summed E-state index contributed by atoms with van der Waals surface area (Å²) in [7, 11) is 0. The van der Waals surface area contributed by atoms with Crippen molar-refractivity contribution in [3.63, 3.8) is 0 Å². The van der Waals surface area contributed by atoms with Gasteiger partial charge in [0.05, 0.1) is 18.8 Å². The van der Waals surface area contributed by atoms with Crippen molar-refractivity contribution in [2.45, 2.75) is 64.8 Å². The summed E-state index contributed by atoms with van der Waals surface area (Å²) in [6.45, 7) is 10.5. The van der Waals surface area contributed by atoms with Crippen molar-refractivity contribution >= 4 is 0 Å². The molecule has 0 spiro atoms. The minimum atomic E-state index is 0.159. The Hall–Kier alpha value is -0.900. The van der Waals surface area contributed by atoms with E-state index in [2.05, 4.69) is 56.9 Å². The molecule has 0 radical (unpaired) electrons. The molecule has 1 saturated heterocycles. The van der Waals surface area contributed by atoms with Gasteiger partial charge in [-0.25, -0.2) is 0 Å². The van der Waals surface area contributed by atoms with Gasteiger partial charge in [-0.3, -0.25) is 4.90 Å². The summed E-state index contributed by atoms with van der Waals surface area (Å²) >= 11 is 0. The lowest BCUT2D eigenvalue weighted by Crippen LogP contribution is -2.53. The molecule has 2 N–H and O–H groups in total. The topological polar surface area (TPSA) is 38.5 Å². The van der Waals surface area contributed by atoms with Gasteiger partial charge in [0.2, 0.25) is 0 Å². The Bertz CT molecular complexity index is 431. The number of nitrogens with two attached hydrogens (primary N) is 1. The molecular formula is C18H30N2O. The average Bonchev–Trinajstić information content (AvgIpc) is 2.49. The lowest BCUT2D eigenvalue weighted by molar-refractivity contribution is -0.0771. The summed E-state index contributed by atoms with van der Waals surface area (Å²) < 4.78 is 5.85. The van der Waals surface area contributed by atoms with Gasteiger partial charge < -0.3 is 10.5 Å². The van der Waals surface area contributed by atoms with E-state index in [9.17, 15) is 0 Å². The Morgan fingerprint density at radius 2 is 1.95 bits per heavy atom. The van der Waals surface area contributed by atoms with E-state index in [1.165, 1.54) is 11.1 Å². The highest BCUT2D eigenvalue weighted by Crippen LogP contribution is 2.31. The fourth-order valence-electron chi connectivity index (χ4n) is 3.23. The van der Waals surface area contributed by atoms with Crippen molar-refractivity contribution in [1.82, 2.24) is 4.90 Å². The Morgan fingerprint density at radius 1 is 1.29 bits per heavy atom. The van der Waals surface area contributed by atoms with Crippen molar-refractivity contribution < 1.29 is 4.74 Å². The first-order valence-electron chi connectivity index (χ1n) is 8.26. The van der Waals surface area contributed by atoms with Gasteiger partial charge in [-0.2, -0.15) is 0 Å². The number of hydrogen-bond donors (Lipinski definition) is 1.